The lowest BCUT2D eigenvalue weighted by atomic mass is 10.1. The van der Waals surface area contributed by atoms with E-state index < -0.39 is 5.92 Å². The second-order valence-corrected chi connectivity index (χ2v) is 5.28. The third-order valence-electron chi connectivity index (χ3n) is 2.90. The van der Waals surface area contributed by atoms with Gasteiger partial charge in [-0.3, -0.25) is 4.79 Å². The number of aliphatic imine (C=N–C) groups is 2. The number of carbonyl (C=O) groups is 2. The first-order valence-electron chi connectivity index (χ1n) is 5.77. The van der Waals surface area contributed by atoms with Crippen molar-refractivity contribution in [3.05, 3.63) is 12.7 Å². The number of rotatable bonds is 2. The highest BCUT2D eigenvalue weighted by Crippen LogP contribution is 2.24. The minimum absolute atomic E-state index is 0.287. The average Bonchev–Trinajstić information content (AvgIpc) is 2.39. The highest BCUT2D eigenvalue weighted by molar-refractivity contribution is 8.14. The molecule has 0 saturated carbocycles. The van der Waals surface area contributed by atoms with Crippen LogP contribution in [0.3, 0.4) is 0 Å². The van der Waals surface area contributed by atoms with Crippen LogP contribution in [0.2, 0.25) is 0 Å². The molecule has 19 heavy (non-hydrogen) atoms. The molecule has 0 aromatic carbocycles. The van der Waals surface area contributed by atoms with Crippen molar-refractivity contribution in [2.75, 3.05) is 19.8 Å². The first-order valence-corrected chi connectivity index (χ1v) is 6.75. The van der Waals surface area contributed by atoms with E-state index in [0.29, 0.717) is 22.5 Å². The third kappa shape index (κ3) is 2.25. The Morgan fingerprint density at radius 2 is 2.16 bits per heavy atom. The average molecular weight is 279 g/mol. The second-order valence-electron chi connectivity index (χ2n) is 4.24. The zero-order valence-corrected chi connectivity index (χ0v) is 11.9. The van der Waals surface area contributed by atoms with Gasteiger partial charge in [0.2, 0.25) is 5.84 Å². The van der Waals surface area contributed by atoms with Crippen molar-refractivity contribution in [1.29, 1.82) is 0 Å². The first-order chi connectivity index (χ1) is 8.97. The number of amides is 3. The molecule has 0 aromatic heterocycles. The van der Waals surface area contributed by atoms with Crippen LogP contribution in [0.15, 0.2) is 22.6 Å². The predicted octanol–water partition coefficient (Wildman–Crippen LogP) is 0.985. The molecule has 2 aliphatic rings. The molecular weight excluding hydrogens is 264 g/mol. The summed E-state index contributed by atoms with van der Waals surface area (Å²) in [7, 11) is 3.09. The maximum atomic E-state index is 12.3. The molecule has 0 aromatic rings. The molecule has 2 aliphatic heterocycles. The van der Waals surface area contributed by atoms with Crippen molar-refractivity contribution in [1.82, 2.24) is 4.90 Å². The summed E-state index contributed by atoms with van der Waals surface area (Å²) in [6, 6.07) is -0.372. The molecule has 0 spiro atoms. The summed E-state index contributed by atoms with van der Waals surface area (Å²) in [5.74, 6) is 0.790. The molecule has 6 nitrogen and oxygen atoms in total. The SMILES string of the molecule is C=CCSC1=NC(C)=NC2=[N+](C)C(=O)N(C)C(=O)C12. The lowest BCUT2D eigenvalue weighted by Crippen LogP contribution is -2.54. The molecule has 100 valence electrons. The van der Waals surface area contributed by atoms with Crippen LogP contribution in [0.25, 0.3) is 0 Å². The quantitative estimate of drug-likeness (QED) is 0.559. The minimum atomic E-state index is -0.582. The summed E-state index contributed by atoms with van der Waals surface area (Å²) in [6.45, 7) is 5.41. The van der Waals surface area contributed by atoms with Gasteiger partial charge in [-0.1, -0.05) is 11.1 Å². The van der Waals surface area contributed by atoms with Gasteiger partial charge in [-0.05, 0) is 0 Å². The Balaban J connectivity index is 2.51. The lowest BCUT2D eigenvalue weighted by molar-refractivity contribution is -0.407. The molecule has 0 saturated heterocycles. The van der Waals surface area contributed by atoms with Crippen LogP contribution < -0.4 is 0 Å². The molecule has 0 fully saturated rings. The van der Waals surface area contributed by atoms with E-state index in [-0.39, 0.29) is 11.9 Å². The first kappa shape index (κ1) is 13.7. The Morgan fingerprint density at radius 1 is 1.47 bits per heavy atom. The van der Waals surface area contributed by atoms with Gasteiger partial charge in [-0.25, -0.2) is 9.79 Å². The van der Waals surface area contributed by atoms with E-state index in [1.807, 2.05) is 0 Å². The molecule has 0 aliphatic carbocycles. The summed E-state index contributed by atoms with van der Waals surface area (Å²) in [5.41, 5.74) is 0. The van der Waals surface area contributed by atoms with Gasteiger partial charge in [-0.2, -0.15) is 9.48 Å². The number of nitrogens with zero attached hydrogens (tertiary/aromatic N) is 4. The van der Waals surface area contributed by atoms with Crippen LogP contribution in [0, 0.1) is 5.92 Å². The normalized spacial score (nSPS) is 23.1. The highest BCUT2D eigenvalue weighted by atomic mass is 32.2. The molecule has 1 unspecified atom stereocenters. The number of thioether (sulfide) groups is 1. The van der Waals surface area contributed by atoms with Crippen molar-refractivity contribution in [3.8, 4) is 0 Å². The molecular formula is C12H15N4O2S+. The zero-order valence-electron chi connectivity index (χ0n) is 11.1. The number of imide groups is 1. The standard InChI is InChI=1S/C12H15N4O2S/c1-5-6-19-10-8-9(13-7(2)14-10)15(3)12(18)16(4)11(8)17/h5,8H,1,6H2,2-4H3/q+1. The van der Waals surface area contributed by atoms with Gasteiger partial charge in [0.15, 0.2) is 5.92 Å². The van der Waals surface area contributed by atoms with E-state index in [4.69, 9.17) is 0 Å². The van der Waals surface area contributed by atoms with Crippen LogP contribution in [0.5, 0.6) is 0 Å². The van der Waals surface area contributed by atoms with Gasteiger partial charge in [0, 0.05) is 12.7 Å². The molecule has 3 amide bonds. The van der Waals surface area contributed by atoms with Gasteiger partial charge < -0.3 is 0 Å². The number of fused-ring (bicyclic) bond motifs is 1. The van der Waals surface area contributed by atoms with E-state index >= 15 is 0 Å². The molecule has 0 radical (unpaired) electrons. The van der Waals surface area contributed by atoms with E-state index in [1.165, 1.54) is 23.4 Å². The van der Waals surface area contributed by atoms with Crippen molar-refractivity contribution >= 4 is 40.4 Å². The van der Waals surface area contributed by atoms with Crippen LogP contribution in [-0.4, -0.2) is 58.0 Å². The van der Waals surface area contributed by atoms with Crippen molar-refractivity contribution in [2.45, 2.75) is 6.92 Å². The number of urea groups is 1. The topological polar surface area (TPSA) is 65.1 Å². The molecule has 2 heterocycles. The molecule has 0 bridgehead atoms. The summed E-state index contributed by atoms with van der Waals surface area (Å²) in [4.78, 5) is 33.8. The second kappa shape index (κ2) is 5.08. The van der Waals surface area contributed by atoms with Gasteiger partial charge >= 0.3 is 11.9 Å². The fourth-order valence-electron chi connectivity index (χ4n) is 1.95. The summed E-state index contributed by atoms with van der Waals surface area (Å²) >= 11 is 1.44. The molecule has 2 rings (SSSR count). The monoisotopic (exact) mass is 279 g/mol. The molecule has 0 N–H and O–H groups in total. The number of hydrogen-bond acceptors (Lipinski definition) is 5. The lowest BCUT2D eigenvalue weighted by Gasteiger charge is -2.25. The van der Waals surface area contributed by atoms with Gasteiger partial charge in [0.05, 0.1) is 14.1 Å². The smallest absolute Gasteiger partial charge is 0.255 e. The van der Waals surface area contributed by atoms with E-state index in [2.05, 4.69) is 16.6 Å². The fraction of sp³-hybridized carbons (Fsp3) is 0.417. The third-order valence-corrected chi connectivity index (χ3v) is 3.92. The van der Waals surface area contributed by atoms with E-state index in [0.717, 1.165) is 4.90 Å². The Hall–Kier alpha value is -1.76. The van der Waals surface area contributed by atoms with Crippen LogP contribution in [-0.2, 0) is 4.79 Å². The number of amidine groups is 2. The molecule has 1 atom stereocenters. The van der Waals surface area contributed by atoms with Crippen molar-refractivity contribution in [3.63, 3.8) is 0 Å². The Bertz CT molecular complexity index is 562. The van der Waals surface area contributed by atoms with Crippen LogP contribution >= 0.6 is 11.8 Å². The van der Waals surface area contributed by atoms with Crippen LogP contribution in [0.1, 0.15) is 6.92 Å². The highest BCUT2D eigenvalue weighted by Gasteiger charge is 2.48. The largest absolute Gasteiger partial charge is 0.445 e. The minimum Gasteiger partial charge on any atom is -0.255 e. The zero-order chi connectivity index (χ0) is 14.2. The maximum absolute atomic E-state index is 12.3. The van der Waals surface area contributed by atoms with E-state index in [9.17, 15) is 9.59 Å². The van der Waals surface area contributed by atoms with Crippen molar-refractivity contribution in [2.24, 2.45) is 15.9 Å². The van der Waals surface area contributed by atoms with Gasteiger partial charge in [0.25, 0.3) is 5.84 Å². The molecule has 7 heteroatoms. The predicted molar refractivity (Wildman–Crippen MR) is 76.0 cm³/mol. The van der Waals surface area contributed by atoms with Gasteiger partial charge in [-0.15, -0.1) is 18.3 Å². The number of hydrogen-bond donors (Lipinski definition) is 0. The van der Waals surface area contributed by atoms with Gasteiger partial charge in [0.1, 0.15) is 5.04 Å². The number of carbonyl (C=O) groups excluding carboxylic acids is 2. The summed E-state index contributed by atoms with van der Waals surface area (Å²) < 4.78 is 1.40. The van der Waals surface area contributed by atoms with Crippen LogP contribution in [0.4, 0.5) is 4.79 Å². The summed E-state index contributed by atoms with van der Waals surface area (Å²) in [5, 5.41) is 0.665. The van der Waals surface area contributed by atoms with Crippen molar-refractivity contribution < 1.29 is 14.2 Å². The maximum Gasteiger partial charge on any atom is 0.445 e. The summed E-state index contributed by atoms with van der Waals surface area (Å²) in [6.07, 6.45) is 1.75. The Labute approximate surface area is 115 Å². The Kier molecular flexibility index (Phi) is 3.66. The fourth-order valence-corrected chi connectivity index (χ4v) is 2.80. The van der Waals surface area contributed by atoms with E-state index in [1.54, 1.807) is 20.0 Å². The Morgan fingerprint density at radius 3 is 2.79 bits per heavy atom.